The molecule has 0 amide bonds. The van der Waals surface area contributed by atoms with Gasteiger partial charge in [-0.3, -0.25) is 0 Å². The summed E-state index contributed by atoms with van der Waals surface area (Å²) < 4.78 is 59.6. The number of aliphatic hydroxyl groups is 1. The molecule has 1 atom stereocenters. The second-order valence-corrected chi connectivity index (χ2v) is 9.32. The summed E-state index contributed by atoms with van der Waals surface area (Å²) in [4.78, 5) is 0. The van der Waals surface area contributed by atoms with Crippen molar-refractivity contribution in [2.45, 2.75) is 50.7 Å². The molecule has 0 fully saturated rings. The Morgan fingerprint density at radius 1 is 1.03 bits per heavy atom. The van der Waals surface area contributed by atoms with Crippen molar-refractivity contribution in [2.24, 2.45) is 5.73 Å². The third-order valence-corrected chi connectivity index (χ3v) is 6.53. The quantitative estimate of drug-likeness (QED) is 0.262. The van der Waals surface area contributed by atoms with Gasteiger partial charge in [-0.2, -0.15) is 13.2 Å². The van der Waals surface area contributed by atoms with E-state index < -0.39 is 17.3 Å². The third-order valence-electron chi connectivity index (χ3n) is 5.28. The molecule has 0 aliphatic carbocycles. The summed E-state index contributed by atoms with van der Waals surface area (Å²) >= 11 is 1.03. The maximum absolute atomic E-state index is 13.7. The van der Waals surface area contributed by atoms with Gasteiger partial charge in [0.15, 0.2) is 0 Å². The van der Waals surface area contributed by atoms with Crippen molar-refractivity contribution in [2.75, 3.05) is 13.2 Å². The average molecular weight is 498 g/mol. The summed E-state index contributed by atoms with van der Waals surface area (Å²) in [6.45, 7) is 1.36. The summed E-state index contributed by atoms with van der Waals surface area (Å²) in [6, 6.07) is 10.2. The predicted molar refractivity (Wildman–Crippen MR) is 123 cm³/mol. The molecule has 0 aliphatic rings. The van der Waals surface area contributed by atoms with Crippen LogP contribution in [0, 0.1) is 5.82 Å². The molecule has 1 heterocycles. The van der Waals surface area contributed by atoms with E-state index in [4.69, 9.17) is 10.5 Å². The fourth-order valence-electron chi connectivity index (χ4n) is 3.31. The standard InChI is InChI=1S/C24H27F4N3O2S/c1-23(29,15-32)22-31-30-21(34-22)17-10-11-20(19(14-17)24(26,27)28)33-12-5-3-2-4-7-16-8-6-9-18(25)13-16/h6,8-11,13-14,32H,2-5,7,12,15,29H2,1H3. The summed E-state index contributed by atoms with van der Waals surface area (Å²) in [5.41, 5.74) is 5.10. The lowest BCUT2D eigenvalue weighted by Crippen LogP contribution is -2.36. The van der Waals surface area contributed by atoms with Gasteiger partial charge in [-0.15, -0.1) is 10.2 Å². The number of aliphatic hydroxyl groups excluding tert-OH is 1. The van der Waals surface area contributed by atoms with Crippen molar-refractivity contribution in [1.29, 1.82) is 0 Å². The molecule has 34 heavy (non-hydrogen) atoms. The van der Waals surface area contributed by atoms with Gasteiger partial charge in [-0.05, 0) is 62.1 Å². The zero-order chi connectivity index (χ0) is 24.8. The van der Waals surface area contributed by atoms with Crippen LogP contribution in [0.2, 0.25) is 0 Å². The van der Waals surface area contributed by atoms with Crippen LogP contribution in [0.4, 0.5) is 17.6 Å². The average Bonchev–Trinajstić information content (AvgIpc) is 3.29. The highest BCUT2D eigenvalue weighted by atomic mass is 32.1. The number of nitrogens with zero attached hydrogens (tertiary/aromatic N) is 2. The van der Waals surface area contributed by atoms with Crippen LogP contribution in [0.5, 0.6) is 5.75 Å². The van der Waals surface area contributed by atoms with E-state index in [1.165, 1.54) is 24.3 Å². The van der Waals surface area contributed by atoms with Crippen LogP contribution in [0.25, 0.3) is 10.6 Å². The molecule has 3 aromatic rings. The van der Waals surface area contributed by atoms with Crippen molar-refractivity contribution in [1.82, 2.24) is 10.2 Å². The molecule has 0 aliphatic heterocycles. The Morgan fingerprint density at radius 3 is 2.50 bits per heavy atom. The van der Waals surface area contributed by atoms with E-state index in [9.17, 15) is 22.7 Å². The number of alkyl halides is 3. The Bertz CT molecular complexity index is 1090. The SMILES string of the molecule is CC(N)(CO)c1nnc(-c2ccc(OCCCCCCc3cccc(F)c3)c(C(F)(F)F)c2)s1. The van der Waals surface area contributed by atoms with Crippen LogP contribution < -0.4 is 10.5 Å². The lowest BCUT2D eigenvalue weighted by molar-refractivity contribution is -0.138. The smallest absolute Gasteiger partial charge is 0.419 e. The van der Waals surface area contributed by atoms with Gasteiger partial charge in [0.1, 0.15) is 21.6 Å². The van der Waals surface area contributed by atoms with Crippen LogP contribution in [0.15, 0.2) is 42.5 Å². The monoisotopic (exact) mass is 497 g/mol. The molecule has 184 valence electrons. The zero-order valence-electron chi connectivity index (χ0n) is 18.7. The van der Waals surface area contributed by atoms with Crippen molar-refractivity contribution in [3.8, 4) is 16.3 Å². The molecule has 0 spiro atoms. The molecule has 0 saturated heterocycles. The number of rotatable bonds is 11. The molecule has 3 N–H and O–H groups in total. The van der Waals surface area contributed by atoms with E-state index in [-0.39, 0.29) is 35.4 Å². The molecular formula is C24H27F4N3O2S. The molecule has 1 unspecified atom stereocenters. The van der Waals surface area contributed by atoms with E-state index in [1.54, 1.807) is 13.0 Å². The molecule has 1 aromatic heterocycles. The van der Waals surface area contributed by atoms with Gasteiger partial charge in [-0.25, -0.2) is 4.39 Å². The summed E-state index contributed by atoms with van der Waals surface area (Å²) in [6.07, 6.45) is -0.695. The maximum Gasteiger partial charge on any atom is 0.419 e. The number of unbranched alkanes of at least 4 members (excludes halogenated alkanes) is 3. The number of aryl methyl sites for hydroxylation is 1. The Hall–Kier alpha value is -2.56. The predicted octanol–water partition coefficient (Wildman–Crippen LogP) is 5.71. The molecule has 2 aromatic carbocycles. The molecule has 0 bridgehead atoms. The second kappa shape index (κ2) is 11.2. The number of halogens is 4. The lowest BCUT2D eigenvalue weighted by Gasteiger charge is -2.17. The molecule has 5 nitrogen and oxygen atoms in total. The van der Waals surface area contributed by atoms with E-state index in [2.05, 4.69) is 10.2 Å². The van der Waals surface area contributed by atoms with Crippen LogP contribution in [0.3, 0.4) is 0 Å². The summed E-state index contributed by atoms with van der Waals surface area (Å²) in [5, 5.41) is 17.8. The van der Waals surface area contributed by atoms with Gasteiger partial charge in [0.25, 0.3) is 0 Å². The van der Waals surface area contributed by atoms with Gasteiger partial charge < -0.3 is 15.6 Å². The molecule has 10 heteroatoms. The number of hydrogen-bond acceptors (Lipinski definition) is 6. The van der Waals surface area contributed by atoms with E-state index in [1.807, 2.05) is 6.07 Å². The molecule has 0 radical (unpaired) electrons. The number of aromatic nitrogens is 2. The van der Waals surface area contributed by atoms with Crippen LogP contribution in [0.1, 0.15) is 48.7 Å². The lowest BCUT2D eigenvalue weighted by atomic mass is 10.1. The number of nitrogens with two attached hydrogens (primary N) is 1. The minimum Gasteiger partial charge on any atom is -0.493 e. The van der Waals surface area contributed by atoms with Crippen molar-refractivity contribution in [3.05, 3.63) is 64.4 Å². The molecule has 3 rings (SSSR count). The van der Waals surface area contributed by atoms with Crippen molar-refractivity contribution < 1.29 is 27.4 Å². The Labute approximate surface area is 199 Å². The van der Waals surface area contributed by atoms with E-state index in [0.717, 1.165) is 48.6 Å². The van der Waals surface area contributed by atoms with Crippen LogP contribution >= 0.6 is 11.3 Å². The highest BCUT2D eigenvalue weighted by Crippen LogP contribution is 2.39. The van der Waals surface area contributed by atoms with E-state index >= 15 is 0 Å². The largest absolute Gasteiger partial charge is 0.493 e. The number of benzene rings is 2. The third kappa shape index (κ3) is 6.97. The highest BCUT2D eigenvalue weighted by molar-refractivity contribution is 7.14. The van der Waals surface area contributed by atoms with Crippen molar-refractivity contribution >= 4 is 11.3 Å². The Balaban J connectivity index is 1.56. The van der Waals surface area contributed by atoms with Crippen molar-refractivity contribution in [3.63, 3.8) is 0 Å². The minimum absolute atomic E-state index is 0.160. The maximum atomic E-state index is 13.7. The fraction of sp³-hybridized carbons (Fsp3) is 0.417. The van der Waals surface area contributed by atoms with Crippen LogP contribution in [-0.4, -0.2) is 28.5 Å². The topological polar surface area (TPSA) is 81.3 Å². The normalized spacial score (nSPS) is 13.6. The van der Waals surface area contributed by atoms with Gasteiger partial charge in [0, 0.05) is 5.56 Å². The van der Waals surface area contributed by atoms with E-state index in [0.29, 0.717) is 11.4 Å². The first-order valence-electron chi connectivity index (χ1n) is 10.9. The molecular weight excluding hydrogens is 470 g/mol. The van der Waals surface area contributed by atoms with Gasteiger partial charge in [-0.1, -0.05) is 36.3 Å². The summed E-state index contributed by atoms with van der Waals surface area (Å²) in [5.74, 6) is -0.494. The van der Waals surface area contributed by atoms with Gasteiger partial charge in [0.05, 0.1) is 24.3 Å². The van der Waals surface area contributed by atoms with Gasteiger partial charge in [0.2, 0.25) is 0 Å². The second-order valence-electron chi connectivity index (χ2n) is 8.34. The van der Waals surface area contributed by atoms with Gasteiger partial charge >= 0.3 is 6.18 Å². The summed E-state index contributed by atoms with van der Waals surface area (Å²) in [7, 11) is 0. The Morgan fingerprint density at radius 2 is 1.79 bits per heavy atom. The van der Waals surface area contributed by atoms with Crippen LogP contribution in [-0.2, 0) is 18.1 Å². The number of hydrogen-bond donors (Lipinski definition) is 2. The first kappa shape index (κ1) is 26.1. The number of ether oxygens (including phenoxy) is 1. The first-order valence-corrected chi connectivity index (χ1v) is 11.7. The zero-order valence-corrected chi connectivity index (χ0v) is 19.6. The minimum atomic E-state index is -4.60. The molecule has 0 saturated carbocycles. The highest BCUT2D eigenvalue weighted by Gasteiger charge is 2.35. The first-order chi connectivity index (χ1) is 16.1. The fourth-order valence-corrected chi connectivity index (χ4v) is 4.20. The Kier molecular flexibility index (Phi) is 8.62.